The van der Waals surface area contributed by atoms with Crippen LogP contribution in [0.2, 0.25) is 0 Å². The van der Waals surface area contributed by atoms with E-state index >= 15 is 0 Å². The predicted octanol–water partition coefficient (Wildman–Crippen LogP) is 3.94. The largest absolute Gasteiger partial charge is 0.444 e. The number of benzene rings is 1. The first-order valence-electron chi connectivity index (χ1n) is 9.88. The van der Waals surface area contributed by atoms with E-state index in [1.165, 1.54) is 0 Å². The zero-order chi connectivity index (χ0) is 20.9. The van der Waals surface area contributed by atoms with Crippen molar-refractivity contribution in [2.45, 2.75) is 65.6 Å². The summed E-state index contributed by atoms with van der Waals surface area (Å²) in [7, 11) is 0. The Morgan fingerprint density at radius 3 is 2.61 bits per heavy atom. The molecule has 0 saturated carbocycles. The topological polar surface area (TPSA) is 73.6 Å². The molecule has 0 aromatic heterocycles. The minimum Gasteiger partial charge on any atom is -0.444 e. The molecule has 0 spiro atoms. The average Bonchev–Trinajstić information content (AvgIpc) is 2.64. The van der Waals surface area contributed by atoms with Crippen LogP contribution in [-0.4, -0.2) is 46.5 Å². The molecule has 1 aliphatic rings. The maximum Gasteiger partial charge on any atom is 0.410 e. The Morgan fingerprint density at radius 2 is 2.00 bits per heavy atom. The van der Waals surface area contributed by atoms with Crippen LogP contribution in [0.5, 0.6) is 0 Å². The molecule has 1 aromatic carbocycles. The smallest absolute Gasteiger partial charge is 0.410 e. The number of hydrogen-bond acceptors (Lipinski definition) is 4. The van der Waals surface area contributed by atoms with Crippen molar-refractivity contribution in [3.8, 4) is 6.07 Å². The monoisotopic (exact) mass is 385 g/mol. The maximum atomic E-state index is 13.3. The van der Waals surface area contributed by atoms with Gasteiger partial charge in [-0.25, -0.2) is 4.79 Å². The van der Waals surface area contributed by atoms with Crippen molar-refractivity contribution < 1.29 is 14.3 Å². The van der Waals surface area contributed by atoms with E-state index in [4.69, 9.17) is 4.74 Å². The third kappa shape index (κ3) is 5.72. The molecule has 1 heterocycles. The van der Waals surface area contributed by atoms with Crippen LogP contribution in [0.15, 0.2) is 24.3 Å². The zero-order valence-electron chi connectivity index (χ0n) is 17.6. The van der Waals surface area contributed by atoms with Gasteiger partial charge in [0.05, 0.1) is 17.6 Å². The predicted molar refractivity (Wildman–Crippen MR) is 107 cm³/mol. The molecule has 0 aliphatic carbocycles. The normalized spacial score (nSPS) is 17.2. The molecule has 1 fully saturated rings. The van der Waals surface area contributed by atoms with E-state index in [-0.39, 0.29) is 24.0 Å². The van der Waals surface area contributed by atoms with Crippen LogP contribution in [0.25, 0.3) is 0 Å². The van der Waals surface area contributed by atoms with Gasteiger partial charge in [-0.3, -0.25) is 4.79 Å². The molecule has 2 amide bonds. The van der Waals surface area contributed by atoms with E-state index < -0.39 is 5.60 Å². The number of rotatable bonds is 4. The Kier molecular flexibility index (Phi) is 7.06. The van der Waals surface area contributed by atoms with Crippen LogP contribution in [0, 0.1) is 17.2 Å². The second-order valence-corrected chi connectivity index (χ2v) is 8.59. The van der Waals surface area contributed by atoms with Crippen molar-refractivity contribution >= 4 is 12.0 Å². The number of piperidine rings is 1. The fourth-order valence-electron chi connectivity index (χ4n) is 3.37. The Labute approximate surface area is 168 Å². The van der Waals surface area contributed by atoms with E-state index in [2.05, 4.69) is 6.07 Å². The zero-order valence-corrected chi connectivity index (χ0v) is 17.6. The van der Waals surface area contributed by atoms with Gasteiger partial charge in [0.25, 0.3) is 0 Å². The molecule has 6 nitrogen and oxygen atoms in total. The summed E-state index contributed by atoms with van der Waals surface area (Å²) in [5, 5.41) is 9.33. The first-order chi connectivity index (χ1) is 13.1. The van der Waals surface area contributed by atoms with Gasteiger partial charge in [-0.1, -0.05) is 18.2 Å². The highest BCUT2D eigenvalue weighted by Gasteiger charge is 2.34. The fraction of sp³-hybridized carbons (Fsp3) is 0.591. The summed E-state index contributed by atoms with van der Waals surface area (Å²) in [4.78, 5) is 29.1. The first-order valence-corrected chi connectivity index (χ1v) is 9.88. The lowest BCUT2D eigenvalue weighted by Gasteiger charge is -2.37. The van der Waals surface area contributed by atoms with Gasteiger partial charge in [0.2, 0.25) is 5.91 Å². The highest BCUT2D eigenvalue weighted by molar-refractivity contribution is 5.80. The van der Waals surface area contributed by atoms with Crippen molar-refractivity contribution in [1.82, 2.24) is 9.80 Å². The van der Waals surface area contributed by atoms with Gasteiger partial charge in [-0.2, -0.15) is 5.26 Å². The lowest BCUT2D eigenvalue weighted by molar-refractivity contribution is -0.139. The van der Waals surface area contributed by atoms with Crippen molar-refractivity contribution in [3.05, 3.63) is 35.4 Å². The summed E-state index contributed by atoms with van der Waals surface area (Å²) < 4.78 is 5.47. The molecule has 28 heavy (non-hydrogen) atoms. The molecule has 1 atom stereocenters. The van der Waals surface area contributed by atoms with E-state index in [0.717, 1.165) is 18.4 Å². The number of amides is 2. The third-order valence-corrected chi connectivity index (χ3v) is 4.81. The standard InChI is InChI=1S/C22H31N3O3/c1-16(2)25(15-18-10-7-6-9-17(18)13-23)20(26)19-11-8-12-24(14-19)21(27)28-22(3,4)5/h6-7,9-10,16,19H,8,11-12,14-15H2,1-5H3. The molecule has 152 valence electrons. The first kappa shape index (κ1) is 21.7. The Morgan fingerprint density at radius 1 is 1.32 bits per heavy atom. The van der Waals surface area contributed by atoms with Crippen molar-refractivity contribution in [3.63, 3.8) is 0 Å². The summed E-state index contributed by atoms with van der Waals surface area (Å²) in [6.07, 6.45) is 1.16. The number of carbonyl (C=O) groups excluding carboxylic acids is 2. The van der Waals surface area contributed by atoms with Crippen molar-refractivity contribution in [2.24, 2.45) is 5.92 Å². The molecule has 1 aromatic rings. The lowest BCUT2D eigenvalue weighted by Crippen LogP contribution is -2.49. The average molecular weight is 386 g/mol. The van der Waals surface area contributed by atoms with Crippen molar-refractivity contribution in [1.29, 1.82) is 5.26 Å². The van der Waals surface area contributed by atoms with E-state index in [0.29, 0.717) is 25.2 Å². The Hall–Kier alpha value is -2.55. The number of carbonyl (C=O) groups is 2. The number of ether oxygens (including phenoxy) is 1. The van der Waals surface area contributed by atoms with Gasteiger partial charge in [0.15, 0.2) is 0 Å². The quantitative estimate of drug-likeness (QED) is 0.787. The highest BCUT2D eigenvalue weighted by Crippen LogP contribution is 2.23. The third-order valence-electron chi connectivity index (χ3n) is 4.81. The molecule has 1 unspecified atom stereocenters. The minimum atomic E-state index is -0.557. The maximum absolute atomic E-state index is 13.3. The van der Waals surface area contributed by atoms with Crippen molar-refractivity contribution in [2.75, 3.05) is 13.1 Å². The highest BCUT2D eigenvalue weighted by atomic mass is 16.6. The molecule has 0 bridgehead atoms. The van der Waals surface area contributed by atoms with Gasteiger partial charge in [-0.15, -0.1) is 0 Å². The SMILES string of the molecule is CC(C)N(Cc1ccccc1C#N)C(=O)C1CCCN(C(=O)OC(C)(C)C)C1. The molecule has 2 rings (SSSR count). The van der Waals surface area contributed by atoms with Gasteiger partial charge >= 0.3 is 6.09 Å². The van der Waals surface area contributed by atoms with Crippen LogP contribution >= 0.6 is 0 Å². The van der Waals surface area contributed by atoms with Crippen LogP contribution < -0.4 is 0 Å². The molecule has 1 aliphatic heterocycles. The van der Waals surface area contributed by atoms with Crippen LogP contribution in [-0.2, 0) is 16.1 Å². The van der Waals surface area contributed by atoms with Gasteiger partial charge in [0, 0.05) is 25.7 Å². The molecular formula is C22H31N3O3. The van der Waals surface area contributed by atoms with E-state index in [9.17, 15) is 14.9 Å². The number of nitriles is 1. The lowest BCUT2D eigenvalue weighted by atomic mass is 9.95. The molecule has 6 heteroatoms. The summed E-state index contributed by atoms with van der Waals surface area (Å²) >= 11 is 0. The number of likely N-dealkylation sites (tertiary alicyclic amines) is 1. The number of hydrogen-bond donors (Lipinski definition) is 0. The summed E-state index contributed by atoms with van der Waals surface area (Å²) in [5.41, 5.74) is 0.866. The summed E-state index contributed by atoms with van der Waals surface area (Å²) in [5.74, 6) is -0.228. The van der Waals surface area contributed by atoms with E-state index in [1.54, 1.807) is 15.9 Å². The van der Waals surface area contributed by atoms with Gasteiger partial charge in [-0.05, 0) is 59.1 Å². The van der Waals surface area contributed by atoms with Crippen LogP contribution in [0.3, 0.4) is 0 Å². The second-order valence-electron chi connectivity index (χ2n) is 8.59. The number of nitrogens with zero attached hydrogens (tertiary/aromatic N) is 3. The Balaban J connectivity index is 2.12. The molecule has 1 saturated heterocycles. The van der Waals surface area contributed by atoms with Crippen LogP contribution in [0.1, 0.15) is 58.6 Å². The van der Waals surface area contributed by atoms with Gasteiger partial charge < -0.3 is 14.5 Å². The van der Waals surface area contributed by atoms with E-state index in [1.807, 2.05) is 52.8 Å². The molecule has 0 N–H and O–H groups in total. The fourth-order valence-corrected chi connectivity index (χ4v) is 3.37. The summed E-state index contributed by atoms with van der Waals surface area (Å²) in [6.45, 7) is 10.8. The second kappa shape index (κ2) is 9.09. The molecular weight excluding hydrogens is 354 g/mol. The van der Waals surface area contributed by atoms with Gasteiger partial charge in [0.1, 0.15) is 5.60 Å². The van der Waals surface area contributed by atoms with Crippen LogP contribution in [0.4, 0.5) is 4.79 Å². The summed E-state index contributed by atoms with van der Waals surface area (Å²) in [6, 6.07) is 9.54. The molecule has 0 radical (unpaired) electrons. The minimum absolute atomic E-state index is 0.00356. The Bertz CT molecular complexity index is 746.